The standard InChI is InChI=1S/C17H18ClNO2/c1-2-21-17(20)11-10-15(16-5-3-4-12-19-16)13-6-8-14(18)9-7-13/h3-9,12,15H,2,10-11H2,1H3. The zero-order chi connectivity index (χ0) is 15.1. The number of nitrogens with zero attached hydrogens (tertiary/aromatic N) is 1. The predicted molar refractivity (Wildman–Crippen MR) is 83.4 cm³/mol. The second-order valence-electron chi connectivity index (χ2n) is 4.70. The minimum Gasteiger partial charge on any atom is -0.466 e. The molecule has 2 aromatic rings. The number of esters is 1. The van der Waals surface area contributed by atoms with Crippen LogP contribution in [0, 0.1) is 0 Å². The summed E-state index contributed by atoms with van der Waals surface area (Å²) in [5.74, 6) is -0.111. The van der Waals surface area contributed by atoms with Gasteiger partial charge in [0.15, 0.2) is 0 Å². The number of aromatic nitrogens is 1. The highest BCUT2D eigenvalue weighted by Crippen LogP contribution is 2.28. The SMILES string of the molecule is CCOC(=O)CCC(c1ccc(Cl)cc1)c1ccccn1. The van der Waals surface area contributed by atoms with E-state index < -0.39 is 0 Å². The predicted octanol–water partition coefficient (Wildman–Crippen LogP) is 4.21. The molecule has 1 heterocycles. The summed E-state index contributed by atoms with van der Waals surface area (Å²) < 4.78 is 5.00. The molecule has 3 nitrogen and oxygen atoms in total. The number of pyridine rings is 1. The van der Waals surface area contributed by atoms with E-state index in [9.17, 15) is 4.79 Å². The van der Waals surface area contributed by atoms with Crippen LogP contribution in [0.5, 0.6) is 0 Å². The number of carbonyl (C=O) groups excluding carboxylic acids is 1. The van der Waals surface area contributed by atoms with Crippen LogP contribution in [0.4, 0.5) is 0 Å². The van der Waals surface area contributed by atoms with Crippen LogP contribution < -0.4 is 0 Å². The molecule has 1 atom stereocenters. The Morgan fingerprint density at radius 2 is 2.00 bits per heavy atom. The minimum atomic E-state index is -0.174. The van der Waals surface area contributed by atoms with E-state index in [1.54, 1.807) is 6.20 Å². The number of hydrogen-bond acceptors (Lipinski definition) is 3. The maximum atomic E-state index is 11.6. The molecule has 1 aromatic carbocycles. The highest BCUT2D eigenvalue weighted by atomic mass is 35.5. The van der Waals surface area contributed by atoms with Gasteiger partial charge in [0.2, 0.25) is 0 Å². The van der Waals surface area contributed by atoms with Crippen molar-refractivity contribution in [3.63, 3.8) is 0 Å². The number of carbonyl (C=O) groups is 1. The van der Waals surface area contributed by atoms with Crippen molar-refractivity contribution in [1.82, 2.24) is 4.98 Å². The van der Waals surface area contributed by atoms with Crippen LogP contribution in [0.15, 0.2) is 48.7 Å². The molecule has 0 aliphatic rings. The summed E-state index contributed by atoms with van der Waals surface area (Å²) in [6, 6.07) is 13.5. The van der Waals surface area contributed by atoms with Crippen LogP contribution in [-0.2, 0) is 9.53 Å². The molecule has 110 valence electrons. The molecule has 0 amide bonds. The largest absolute Gasteiger partial charge is 0.466 e. The van der Waals surface area contributed by atoms with Gasteiger partial charge >= 0.3 is 5.97 Å². The third-order valence-electron chi connectivity index (χ3n) is 3.26. The van der Waals surface area contributed by atoms with Crippen LogP contribution in [0.3, 0.4) is 0 Å². The summed E-state index contributed by atoms with van der Waals surface area (Å²) in [4.78, 5) is 16.0. The third kappa shape index (κ3) is 4.57. The van der Waals surface area contributed by atoms with Gasteiger partial charge in [0.05, 0.1) is 6.61 Å². The highest BCUT2D eigenvalue weighted by molar-refractivity contribution is 6.30. The zero-order valence-corrected chi connectivity index (χ0v) is 12.7. The summed E-state index contributed by atoms with van der Waals surface area (Å²) in [6.07, 6.45) is 2.80. The molecule has 4 heteroatoms. The summed E-state index contributed by atoms with van der Waals surface area (Å²) in [7, 11) is 0. The summed E-state index contributed by atoms with van der Waals surface area (Å²) in [5, 5.41) is 0.698. The highest BCUT2D eigenvalue weighted by Gasteiger charge is 2.17. The van der Waals surface area contributed by atoms with Gasteiger partial charge in [0.25, 0.3) is 0 Å². The van der Waals surface area contributed by atoms with Gasteiger partial charge in [-0.3, -0.25) is 9.78 Å². The van der Waals surface area contributed by atoms with Gasteiger partial charge in [-0.15, -0.1) is 0 Å². The molecule has 0 fully saturated rings. The maximum Gasteiger partial charge on any atom is 0.305 e. The Morgan fingerprint density at radius 3 is 2.62 bits per heavy atom. The minimum absolute atomic E-state index is 0.0628. The molecule has 0 saturated carbocycles. The molecule has 0 radical (unpaired) electrons. The lowest BCUT2D eigenvalue weighted by Gasteiger charge is -2.16. The van der Waals surface area contributed by atoms with E-state index >= 15 is 0 Å². The fourth-order valence-electron chi connectivity index (χ4n) is 2.26. The first-order valence-corrected chi connectivity index (χ1v) is 7.40. The first-order chi connectivity index (χ1) is 10.2. The van der Waals surface area contributed by atoms with Crippen molar-refractivity contribution < 1.29 is 9.53 Å². The Morgan fingerprint density at radius 1 is 1.24 bits per heavy atom. The van der Waals surface area contributed by atoms with E-state index in [0.717, 1.165) is 11.3 Å². The van der Waals surface area contributed by atoms with E-state index in [4.69, 9.17) is 16.3 Å². The average molecular weight is 304 g/mol. The Bertz CT molecular complexity index is 569. The molecule has 0 aliphatic heterocycles. The van der Waals surface area contributed by atoms with E-state index in [1.807, 2.05) is 49.4 Å². The molecule has 1 unspecified atom stereocenters. The molecular weight excluding hydrogens is 286 g/mol. The van der Waals surface area contributed by atoms with Gasteiger partial charge in [-0.1, -0.05) is 29.8 Å². The number of benzene rings is 1. The molecule has 21 heavy (non-hydrogen) atoms. The molecular formula is C17H18ClNO2. The Hall–Kier alpha value is -1.87. The van der Waals surface area contributed by atoms with Gasteiger partial charge in [0, 0.05) is 29.3 Å². The van der Waals surface area contributed by atoms with Crippen LogP contribution in [0.1, 0.15) is 36.9 Å². The zero-order valence-electron chi connectivity index (χ0n) is 12.0. The van der Waals surface area contributed by atoms with Crippen LogP contribution >= 0.6 is 11.6 Å². The van der Waals surface area contributed by atoms with E-state index in [0.29, 0.717) is 24.5 Å². The average Bonchev–Trinajstić information content (AvgIpc) is 2.50. The van der Waals surface area contributed by atoms with Gasteiger partial charge in [-0.25, -0.2) is 0 Å². The van der Waals surface area contributed by atoms with Gasteiger partial charge in [0.1, 0.15) is 0 Å². The molecule has 0 spiro atoms. The van der Waals surface area contributed by atoms with Crippen molar-refractivity contribution in [2.45, 2.75) is 25.7 Å². The number of hydrogen-bond donors (Lipinski definition) is 0. The second-order valence-corrected chi connectivity index (χ2v) is 5.14. The lowest BCUT2D eigenvalue weighted by atomic mass is 9.91. The second kappa shape index (κ2) is 7.79. The van der Waals surface area contributed by atoms with Crippen LogP contribution in [0.2, 0.25) is 5.02 Å². The van der Waals surface area contributed by atoms with Crippen LogP contribution in [-0.4, -0.2) is 17.6 Å². The molecule has 0 bridgehead atoms. The van der Waals surface area contributed by atoms with E-state index in [-0.39, 0.29) is 11.9 Å². The Balaban J connectivity index is 2.18. The van der Waals surface area contributed by atoms with Crippen molar-refractivity contribution in [2.24, 2.45) is 0 Å². The third-order valence-corrected chi connectivity index (χ3v) is 3.51. The smallest absolute Gasteiger partial charge is 0.305 e. The first-order valence-electron chi connectivity index (χ1n) is 7.02. The van der Waals surface area contributed by atoms with Gasteiger partial charge in [-0.2, -0.15) is 0 Å². The topological polar surface area (TPSA) is 39.2 Å². The first kappa shape index (κ1) is 15.5. The number of ether oxygens (including phenoxy) is 1. The van der Waals surface area contributed by atoms with Crippen molar-refractivity contribution in [2.75, 3.05) is 6.61 Å². The Kier molecular flexibility index (Phi) is 5.76. The molecule has 0 aliphatic carbocycles. The van der Waals surface area contributed by atoms with Gasteiger partial charge in [-0.05, 0) is 43.2 Å². The summed E-state index contributed by atoms with van der Waals surface area (Å²) in [5.41, 5.74) is 2.05. The number of rotatable bonds is 6. The fourth-order valence-corrected chi connectivity index (χ4v) is 2.38. The van der Waals surface area contributed by atoms with Crippen molar-refractivity contribution >= 4 is 17.6 Å². The van der Waals surface area contributed by atoms with E-state index in [1.165, 1.54) is 0 Å². The lowest BCUT2D eigenvalue weighted by Crippen LogP contribution is -2.09. The van der Waals surface area contributed by atoms with Gasteiger partial charge < -0.3 is 4.74 Å². The summed E-state index contributed by atoms with van der Waals surface area (Å²) in [6.45, 7) is 2.22. The Labute approximate surface area is 129 Å². The molecule has 0 saturated heterocycles. The van der Waals surface area contributed by atoms with Crippen molar-refractivity contribution in [3.8, 4) is 0 Å². The van der Waals surface area contributed by atoms with E-state index in [2.05, 4.69) is 4.98 Å². The molecule has 2 rings (SSSR count). The quantitative estimate of drug-likeness (QED) is 0.750. The van der Waals surface area contributed by atoms with Crippen LogP contribution in [0.25, 0.3) is 0 Å². The summed E-state index contributed by atoms with van der Waals surface area (Å²) >= 11 is 5.94. The normalized spacial score (nSPS) is 11.9. The lowest BCUT2D eigenvalue weighted by molar-refractivity contribution is -0.143. The maximum absolute atomic E-state index is 11.6. The number of halogens is 1. The molecule has 1 aromatic heterocycles. The molecule has 0 N–H and O–H groups in total. The van der Waals surface area contributed by atoms with Crippen molar-refractivity contribution in [3.05, 3.63) is 64.9 Å². The fraction of sp³-hybridized carbons (Fsp3) is 0.294. The van der Waals surface area contributed by atoms with Crippen molar-refractivity contribution in [1.29, 1.82) is 0 Å². The monoisotopic (exact) mass is 303 g/mol.